The van der Waals surface area contributed by atoms with Crippen LogP contribution in [0.2, 0.25) is 0 Å². The van der Waals surface area contributed by atoms with E-state index in [0.29, 0.717) is 28.3 Å². The molecule has 1 rings (SSSR count). The molecule has 0 unspecified atom stereocenters. The summed E-state index contributed by atoms with van der Waals surface area (Å²) in [6, 6.07) is 7.15. The number of hydrogen-bond donors (Lipinski definition) is 1. The molecule has 0 saturated heterocycles. The molecule has 0 atom stereocenters. The van der Waals surface area contributed by atoms with E-state index in [4.69, 9.17) is 19.4 Å². The molecule has 1 aromatic rings. The summed E-state index contributed by atoms with van der Waals surface area (Å²) in [6.45, 7) is 3.49. The number of likely N-dealkylation sites (N-methyl/N-ethyl adjacent to an activating group) is 1. The van der Waals surface area contributed by atoms with Crippen molar-refractivity contribution in [1.82, 2.24) is 5.32 Å². The van der Waals surface area contributed by atoms with Crippen LogP contribution >= 0.6 is 0 Å². The summed E-state index contributed by atoms with van der Waals surface area (Å²) >= 11 is 0. The van der Waals surface area contributed by atoms with E-state index in [1.165, 1.54) is 28.4 Å². The van der Waals surface area contributed by atoms with Crippen molar-refractivity contribution in [3.8, 4) is 0 Å². The maximum absolute atomic E-state index is 12.1. The van der Waals surface area contributed by atoms with Gasteiger partial charge in [-0.15, -0.1) is 0 Å². The molecular weight excluding hydrogens is 366 g/mol. The van der Waals surface area contributed by atoms with E-state index in [1.807, 2.05) is 6.07 Å². The third kappa shape index (κ3) is 6.38. The molecule has 0 saturated carbocycles. The number of nitrogens with one attached hydrogen (secondary N) is 1. The van der Waals surface area contributed by atoms with Crippen molar-refractivity contribution in [2.75, 3.05) is 28.4 Å². The van der Waals surface area contributed by atoms with E-state index in [2.05, 4.69) is 25.9 Å². The fraction of sp³-hybridized carbons (Fsp3) is 0.389. The third-order valence-corrected chi connectivity index (χ3v) is 3.41. The van der Waals surface area contributed by atoms with Crippen molar-refractivity contribution in [3.05, 3.63) is 35.4 Å². The zero-order chi connectivity index (χ0) is 20.9. The quantitative estimate of drug-likeness (QED) is 0.481. The van der Waals surface area contributed by atoms with Gasteiger partial charge in [0.05, 0.1) is 0 Å². The van der Waals surface area contributed by atoms with Crippen molar-refractivity contribution in [3.63, 3.8) is 0 Å². The van der Waals surface area contributed by atoms with Gasteiger partial charge in [0.25, 0.3) is 5.91 Å². The zero-order valence-corrected chi connectivity index (χ0v) is 16.8. The number of nitrogens with zero attached hydrogens (tertiary/aromatic N) is 4. The summed E-state index contributed by atoms with van der Waals surface area (Å²) in [5.41, 5.74) is 2.70. The molecule has 1 N–H and O–H groups in total. The highest BCUT2D eigenvalue weighted by atomic mass is 16.6. The second kappa shape index (κ2) is 12.0. The second-order valence-corrected chi connectivity index (χ2v) is 5.29. The van der Waals surface area contributed by atoms with Gasteiger partial charge in [0.2, 0.25) is 0 Å². The Morgan fingerprint density at radius 1 is 0.929 bits per heavy atom. The number of oxime groups is 4. The van der Waals surface area contributed by atoms with Crippen LogP contribution in [0.15, 0.2) is 44.9 Å². The van der Waals surface area contributed by atoms with Gasteiger partial charge in [0.15, 0.2) is 11.4 Å². The Hall–Kier alpha value is -3.43. The summed E-state index contributed by atoms with van der Waals surface area (Å²) in [5, 5.41) is 18.1. The van der Waals surface area contributed by atoms with Crippen LogP contribution in [0.5, 0.6) is 0 Å². The van der Waals surface area contributed by atoms with Crippen LogP contribution in [0, 0.1) is 0 Å². The Kier molecular flexibility index (Phi) is 9.73. The third-order valence-electron chi connectivity index (χ3n) is 3.41. The molecule has 0 aromatic heterocycles. The van der Waals surface area contributed by atoms with Crippen LogP contribution in [0.25, 0.3) is 0 Å². The number of amides is 1. The minimum Gasteiger partial charge on any atom is -0.399 e. The van der Waals surface area contributed by atoms with Gasteiger partial charge in [-0.3, -0.25) is 4.79 Å². The van der Waals surface area contributed by atoms with Gasteiger partial charge < -0.3 is 24.7 Å². The van der Waals surface area contributed by atoms with Crippen LogP contribution in [-0.2, 0) is 30.8 Å². The largest absolute Gasteiger partial charge is 0.399 e. The van der Waals surface area contributed by atoms with Gasteiger partial charge in [0.1, 0.15) is 39.4 Å². The van der Waals surface area contributed by atoms with Crippen molar-refractivity contribution in [2.45, 2.75) is 20.5 Å². The number of benzene rings is 1. The highest BCUT2D eigenvalue weighted by Crippen LogP contribution is 2.13. The Morgan fingerprint density at radius 3 is 2.14 bits per heavy atom. The molecule has 0 aliphatic heterocycles. The van der Waals surface area contributed by atoms with E-state index in [9.17, 15) is 4.79 Å². The Bertz CT molecular complexity index is 786. The summed E-state index contributed by atoms with van der Waals surface area (Å²) in [4.78, 5) is 31.9. The molecule has 0 heterocycles. The highest BCUT2D eigenvalue weighted by Gasteiger charge is 2.17. The van der Waals surface area contributed by atoms with Crippen LogP contribution < -0.4 is 5.32 Å². The molecular formula is C18H25N5O5. The van der Waals surface area contributed by atoms with Crippen LogP contribution in [0.4, 0.5) is 0 Å². The number of rotatable bonds is 10. The molecule has 0 spiro atoms. The standard InChI is InChI=1S/C18H25N5O5/c1-12(20-25-4)16(22-26-5)13(2)21-28-11-14-9-7-8-10-15(14)17(23-27-6)18(24)19-3/h7-10H,11H2,1-6H3,(H,19,24)/b20-12+,21-13+,22-16-,23-17+. The van der Waals surface area contributed by atoms with Crippen molar-refractivity contribution < 1.29 is 24.1 Å². The fourth-order valence-electron chi connectivity index (χ4n) is 2.21. The lowest BCUT2D eigenvalue weighted by atomic mass is 10.0. The average Bonchev–Trinajstić information content (AvgIpc) is 2.70. The van der Waals surface area contributed by atoms with Gasteiger partial charge in [-0.25, -0.2) is 0 Å². The number of carbonyl (C=O) groups excluding carboxylic acids is 1. The number of hydrogen-bond acceptors (Lipinski definition) is 9. The van der Waals surface area contributed by atoms with Gasteiger partial charge in [-0.2, -0.15) is 0 Å². The Balaban J connectivity index is 3.06. The van der Waals surface area contributed by atoms with Gasteiger partial charge >= 0.3 is 0 Å². The monoisotopic (exact) mass is 391 g/mol. The van der Waals surface area contributed by atoms with Gasteiger partial charge in [0, 0.05) is 18.2 Å². The van der Waals surface area contributed by atoms with E-state index in [1.54, 1.807) is 32.0 Å². The van der Waals surface area contributed by atoms with E-state index in [-0.39, 0.29) is 18.2 Å². The smallest absolute Gasteiger partial charge is 0.273 e. The number of carbonyl (C=O) groups is 1. The molecule has 10 nitrogen and oxygen atoms in total. The van der Waals surface area contributed by atoms with Crippen LogP contribution in [-0.4, -0.2) is 57.1 Å². The first-order chi connectivity index (χ1) is 13.5. The van der Waals surface area contributed by atoms with Crippen molar-refractivity contribution in [1.29, 1.82) is 0 Å². The minimum atomic E-state index is -0.380. The first kappa shape index (κ1) is 22.6. The molecule has 0 aliphatic carbocycles. The summed E-state index contributed by atoms with van der Waals surface area (Å²) in [5.74, 6) is -0.380. The molecule has 10 heteroatoms. The molecule has 1 aromatic carbocycles. The van der Waals surface area contributed by atoms with Crippen molar-refractivity contribution in [2.24, 2.45) is 20.6 Å². The zero-order valence-electron chi connectivity index (χ0n) is 16.8. The fourth-order valence-corrected chi connectivity index (χ4v) is 2.21. The van der Waals surface area contributed by atoms with Gasteiger partial charge in [-0.1, -0.05) is 44.9 Å². The molecule has 1 amide bonds. The second-order valence-electron chi connectivity index (χ2n) is 5.29. The maximum atomic E-state index is 12.1. The average molecular weight is 391 g/mol. The molecule has 28 heavy (non-hydrogen) atoms. The summed E-state index contributed by atoms with van der Waals surface area (Å²) in [6.07, 6.45) is 0. The first-order valence-corrected chi connectivity index (χ1v) is 8.27. The SMILES string of the molecule is CNC(=O)/C(=N/OC)c1ccccc1CO/N=C(C)/C(=N\OC)C(/C)=N/OC. The minimum absolute atomic E-state index is 0.0912. The lowest BCUT2D eigenvalue weighted by Crippen LogP contribution is -2.29. The lowest BCUT2D eigenvalue weighted by Gasteiger charge is -2.10. The predicted octanol–water partition coefficient (Wildman–Crippen LogP) is 1.70. The predicted molar refractivity (Wildman–Crippen MR) is 107 cm³/mol. The first-order valence-electron chi connectivity index (χ1n) is 8.27. The van der Waals surface area contributed by atoms with E-state index in [0.717, 1.165) is 0 Å². The van der Waals surface area contributed by atoms with Gasteiger partial charge in [-0.05, 0) is 13.8 Å². The molecule has 0 aliphatic rings. The van der Waals surface area contributed by atoms with Crippen LogP contribution in [0.1, 0.15) is 25.0 Å². The summed E-state index contributed by atoms with van der Waals surface area (Å²) in [7, 11) is 5.73. The molecule has 0 radical (unpaired) electrons. The lowest BCUT2D eigenvalue weighted by molar-refractivity contribution is -0.114. The van der Waals surface area contributed by atoms with E-state index >= 15 is 0 Å². The van der Waals surface area contributed by atoms with E-state index < -0.39 is 0 Å². The topological polar surface area (TPSA) is 115 Å². The summed E-state index contributed by atoms with van der Waals surface area (Å²) < 4.78 is 0. The maximum Gasteiger partial charge on any atom is 0.273 e. The highest BCUT2D eigenvalue weighted by molar-refractivity contribution is 6.67. The molecule has 0 fully saturated rings. The Labute approximate surface area is 163 Å². The van der Waals surface area contributed by atoms with Crippen molar-refractivity contribution >= 4 is 28.8 Å². The molecule has 152 valence electrons. The Morgan fingerprint density at radius 2 is 1.54 bits per heavy atom. The van der Waals surface area contributed by atoms with Crippen LogP contribution in [0.3, 0.4) is 0 Å². The normalized spacial score (nSPS) is 13.1. The molecule has 0 bridgehead atoms.